The SMILES string of the molecule is CN(C)S(=O)(=O)c1ccc(CCNC(=O)C(=O)NCCCN2CCc3ccccc3C2)cc1. The number of carbonyl (C=O) groups excluding carboxylic acids is 2. The Balaban J connectivity index is 1.32. The molecule has 178 valence electrons. The molecule has 0 aromatic heterocycles. The fraction of sp³-hybridized carbons (Fsp3) is 0.417. The third-order valence-corrected chi connectivity index (χ3v) is 7.58. The minimum atomic E-state index is -3.46. The van der Waals surface area contributed by atoms with E-state index in [1.165, 1.54) is 25.2 Å². The normalized spacial score (nSPS) is 14.0. The lowest BCUT2D eigenvalue weighted by Gasteiger charge is -2.28. The highest BCUT2D eigenvalue weighted by Gasteiger charge is 2.17. The molecule has 2 amide bonds. The average Bonchev–Trinajstić information content (AvgIpc) is 2.81. The maximum absolute atomic E-state index is 12.1. The Labute approximate surface area is 196 Å². The molecule has 3 rings (SSSR count). The topological polar surface area (TPSA) is 98.8 Å². The van der Waals surface area contributed by atoms with Crippen molar-refractivity contribution in [3.8, 4) is 0 Å². The van der Waals surface area contributed by atoms with E-state index >= 15 is 0 Å². The molecular formula is C24H32N4O4S. The molecule has 0 saturated carbocycles. The number of rotatable bonds is 9. The van der Waals surface area contributed by atoms with Crippen molar-refractivity contribution in [2.75, 3.05) is 40.3 Å². The van der Waals surface area contributed by atoms with Crippen molar-refractivity contribution < 1.29 is 18.0 Å². The van der Waals surface area contributed by atoms with Crippen molar-refractivity contribution in [3.05, 3.63) is 65.2 Å². The highest BCUT2D eigenvalue weighted by molar-refractivity contribution is 7.89. The third kappa shape index (κ3) is 6.86. The highest BCUT2D eigenvalue weighted by Crippen LogP contribution is 2.18. The second kappa shape index (κ2) is 11.4. The molecule has 8 nitrogen and oxygen atoms in total. The van der Waals surface area contributed by atoms with E-state index in [2.05, 4.69) is 39.8 Å². The van der Waals surface area contributed by atoms with Crippen LogP contribution in [-0.4, -0.2) is 69.7 Å². The molecule has 9 heteroatoms. The number of carbonyl (C=O) groups is 2. The number of sulfonamides is 1. The fourth-order valence-corrected chi connectivity index (χ4v) is 4.67. The van der Waals surface area contributed by atoms with Crippen LogP contribution in [0.25, 0.3) is 0 Å². The summed E-state index contributed by atoms with van der Waals surface area (Å²) in [5.41, 5.74) is 3.64. The van der Waals surface area contributed by atoms with Crippen LogP contribution in [0.15, 0.2) is 53.4 Å². The van der Waals surface area contributed by atoms with Gasteiger partial charge in [0, 0.05) is 46.8 Å². The predicted octanol–water partition coefficient (Wildman–Crippen LogP) is 1.16. The fourth-order valence-electron chi connectivity index (χ4n) is 3.77. The van der Waals surface area contributed by atoms with Crippen molar-refractivity contribution in [2.45, 2.75) is 30.7 Å². The summed E-state index contributed by atoms with van der Waals surface area (Å²) in [6, 6.07) is 15.0. The summed E-state index contributed by atoms with van der Waals surface area (Å²) >= 11 is 0. The maximum Gasteiger partial charge on any atom is 0.309 e. The van der Waals surface area contributed by atoms with E-state index in [9.17, 15) is 18.0 Å². The second-order valence-electron chi connectivity index (χ2n) is 8.34. The van der Waals surface area contributed by atoms with Gasteiger partial charge < -0.3 is 10.6 Å². The van der Waals surface area contributed by atoms with Gasteiger partial charge in [-0.1, -0.05) is 36.4 Å². The standard InChI is InChI=1S/C24H32N4O4S/c1-27(2)33(31,32)22-10-8-19(9-11-22)12-15-26-24(30)23(29)25-14-5-16-28-17-13-20-6-3-4-7-21(20)18-28/h3-4,6-11H,5,12-18H2,1-2H3,(H,25,29)(H,26,30). The van der Waals surface area contributed by atoms with Gasteiger partial charge in [-0.25, -0.2) is 12.7 Å². The molecule has 0 atom stereocenters. The van der Waals surface area contributed by atoms with Crippen LogP contribution in [0.1, 0.15) is 23.1 Å². The lowest BCUT2D eigenvalue weighted by atomic mass is 10.00. The van der Waals surface area contributed by atoms with Gasteiger partial charge in [-0.05, 0) is 48.1 Å². The quantitative estimate of drug-likeness (QED) is 0.422. The van der Waals surface area contributed by atoms with Crippen molar-refractivity contribution in [3.63, 3.8) is 0 Å². The average molecular weight is 473 g/mol. The van der Waals surface area contributed by atoms with Crippen molar-refractivity contribution >= 4 is 21.8 Å². The summed E-state index contributed by atoms with van der Waals surface area (Å²) in [5.74, 6) is -1.29. The van der Waals surface area contributed by atoms with Gasteiger partial charge in [0.25, 0.3) is 0 Å². The second-order valence-corrected chi connectivity index (χ2v) is 10.5. The number of benzene rings is 2. The molecule has 1 heterocycles. The van der Waals surface area contributed by atoms with Crippen LogP contribution in [0.4, 0.5) is 0 Å². The van der Waals surface area contributed by atoms with E-state index in [-0.39, 0.29) is 4.90 Å². The molecule has 0 unspecified atom stereocenters. The van der Waals surface area contributed by atoms with E-state index in [0.717, 1.165) is 42.3 Å². The van der Waals surface area contributed by atoms with Crippen LogP contribution in [0.5, 0.6) is 0 Å². The number of hydrogen-bond donors (Lipinski definition) is 2. The minimum absolute atomic E-state index is 0.216. The Bertz CT molecular complexity index is 1070. The van der Waals surface area contributed by atoms with Crippen LogP contribution in [0.3, 0.4) is 0 Å². The van der Waals surface area contributed by atoms with Gasteiger partial charge in [0.2, 0.25) is 10.0 Å². The van der Waals surface area contributed by atoms with Gasteiger partial charge in [-0.2, -0.15) is 0 Å². The van der Waals surface area contributed by atoms with Gasteiger partial charge in [0.1, 0.15) is 0 Å². The summed E-state index contributed by atoms with van der Waals surface area (Å²) in [5, 5.41) is 5.28. The lowest BCUT2D eigenvalue weighted by Crippen LogP contribution is -2.41. The van der Waals surface area contributed by atoms with Crippen LogP contribution in [0, 0.1) is 0 Å². The summed E-state index contributed by atoms with van der Waals surface area (Å²) in [6.07, 6.45) is 2.32. The maximum atomic E-state index is 12.1. The molecule has 2 N–H and O–H groups in total. The Kier molecular flexibility index (Phi) is 8.60. The molecule has 2 aromatic rings. The first-order valence-corrected chi connectivity index (χ1v) is 12.6. The molecule has 2 aromatic carbocycles. The van der Waals surface area contributed by atoms with Crippen LogP contribution in [-0.2, 0) is 39.0 Å². The monoisotopic (exact) mass is 472 g/mol. The molecule has 0 spiro atoms. The van der Waals surface area contributed by atoms with Gasteiger partial charge in [-0.15, -0.1) is 0 Å². The molecule has 0 aliphatic carbocycles. The summed E-state index contributed by atoms with van der Waals surface area (Å²) < 4.78 is 25.3. The van der Waals surface area contributed by atoms with Crippen LogP contribution >= 0.6 is 0 Å². The predicted molar refractivity (Wildman–Crippen MR) is 127 cm³/mol. The molecule has 1 aliphatic heterocycles. The number of fused-ring (bicyclic) bond motifs is 1. The molecular weight excluding hydrogens is 440 g/mol. The van der Waals surface area contributed by atoms with Gasteiger partial charge >= 0.3 is 11.8 Å². The van der Waals surface area contributed by atoms with E-state index < -0.39 is 21.8 Å². The highest BCUT2D eigenvalue weighted by atomic mass is 32.2. The van der Waals surface area contributed by atoms with Gasteiger partial charge in [-0.3, -0.25) is 14.5 Å². The van der Waals surface area contributed by atoms with Crippen molar-refractivity contribution in [2.24, 2.45) is 0 Å². The molecule has 1 aliphatic rings. The van der Waals surface area contributed by atoms with Gasteiger partial charge in [0.05, 0.1) is 4.90 Å². The molecule has 33 heavy (non-hydrogen) atoms. The first-order chi connectivity index (χ1) is 15.8. The van der Waals surface area contributed by atoms with Crippen molar-refractivity contribution in [1.29, 1.82) is 0 Å². The summed E-state index contributed by atoms with van der Waals surface area (Å²) in [7, 11) is -0.497. The molecule has 0 saturated heterocycles. The zero-order valence-corrected chi connectivity index (χ0v) is 20.0. The Morgan fingerprint density at radius 2 is 1.58 bits per heavy atom. The summed E-state index contributed by atoms with van der Waals surface area (Å²) in [6.45, 7) is 3.54. The van der Waals surface area contributed by atoms with E-state index in [4.69, 9.17) is 0 Å². The smallest absolute Gasteiger partial charge is 0.309 e. The zero-order valence-electron chi connectivity index (χ0n) is 19.2. The summed E-state index contributed by atoms with van der Waals surface area (Å²) in [4.78, 5) is 26.6. The largest absolute Gasteiger partial charge is 0.348 e. The number of nitrogens with zero attached hydrogens (tertiary/aromatic N) is 2. The Hall–Kier alpha value is -2.75. The molecule has 0 fully saturated rings. The van der Waals surface area contributed by atoms with E-state index in [1.54, 1.807) is 24.3 Å². The zero-order chi connectivity index (χ0) is 23.8. The third-order valence-electron chi connectivity index (χ3n) is 5.75. The number of amides is 2. The molecule has 0 radical (unpaired) electrons. The van der Waals surface area contributed by atoms with E-state index in [1.807, 2.05) is 0 Å². The van der Waals surface area contributed by atoms with E-state index in [0.29, 0.717) is 19.5 Å². The van der Waals surface area contributed by atoms with Crippen LogP contribution in [0.2, 0.25) is 0 Å². The number of hydrogen-bond acceptors (Lipinski definition) is 5. The number of nitrogens with one attached hydrogen (secondary N) is 2. The first kappa shape index (κ1) is 24.9. The lowest BCUT2D eigenvalue weighted by molar-refractivity contribution is -0.139. The molecule has 0 bridgehead atoms. The van der Waals surface area contributed by atoms with Crippen LogP contribution < -0.4 is 10.6 Å². The Morgan fingerprint density at radius 3 is 2.24 bits per heavy atom. The Morgan fingerprint density at radius 1 is 0.939 bits per heavy atom. The van der Waals surface area contributed by atoms with Crippen molar-refractivity contribution in [1.82, 2.24) is 19.8 Å². The van der Waals surface area contributed by atoms with Gasteiger partial charge in [0.15, 0.2) is 0 Å². The first-order valence-electron chi connectivity index (χ1n) is 11.1. The minimum Gasteiger partial charge on any atom is -0.348 e.